The summed E-state index contributed by atoms with van der Waals surface area (Å²) in [7, 11) is 0. The van der Waals surface area contributed by atoms with Crippen molar-refractivity contribution in [3.05, 3.63) is 49.0 Å². The number of aromatic nitrogens is 1. The van der Waals surface area contributed by atoms with Crippen molar-refractivity contribution in [2.45, 2.75) is 0 Å². The molecule has 1 heteroatoms. The van der Waals surface area contributed by atoms with Gasteiger partial charge in [0.1, 0.15) is 0 Å². The third kappa shape index (κ3) is 1.09. The molecule has 0 aliphatic heterocycles. The first-order valence-corrected chi connectivity index (χ1v) is 3.53. The Morgan fingerprint density at radius 1 is 1.18 bits per heavy atom. The fourth-order valence-corrected chi connectivity index (χ4v) is 1.13. The molecule has 2 rings (SSSR count). The monoisotopic (exact) mass is 142 g/mol. The van der Waals surface area contributed by atoms with Gasteiger partial charge in [-0.3, -0.25) is 4.98 Å². The fraction of sp³-hybridized carbons (Fsp3) is 0. The van der Waals surface area contributed by atoms with Crippen LogP contribution in [0.3, 0.4) is 0 Å². The molecule has 1 aromatic heterocycles. The minimum atomic E-state index is 1.03. The zero-order valence-electron chi connectivity index (χ0n) is 6.12. The Bertz CT molecular complexity index is 379. The maximum absolute atomic E-state index is 4.19. The van der Waals surface area contributed by atoms with Crippen molar-refractivity contribution in [2.75, 3.05) is 0 Å². The van der Waals surface area contributed by atoms with Gasteiger partial charge in [-0.1, -0.05) is 12.1 Å². The van der Waals surface area contributed by atoms with Crippen LogP contribution in [0.1, 0.15) is 5.56 Å². The Morgan fingerprint density at radius 3 is 3.00 bits per heavy atom. The number of rotatable bonds is 0. The van der Waals surface area contributed by atoms with Gasteiger partial charge >= 0.3 is 0 Å². The Hall–Kier alpha value is -1.37. The zero-order chi connectivity index (χ0) is 7.68. The lowest BCUT2D eigenvalue weighted by molar-refractivity contribution is 1.41. The zero-order valence-corrected chi connectivity index (χ0v) is 6.12. The molecular weight excluding hydrogens is 134 g/mol. The van der Waals surface area contributed by atoms with Crippen LogP contribution < -0.4 is 0 Å². The molecule has 1 nitrogen and oxygen atoms in total. The van der Waals surface area contributed by atoms with E-state index in [0.717, 1.165) is 16.5 Å². The van der Waals surface area contributed by atoms with Gasteiger partial charge in [0.15, 0.2) is 0 Å². The number of hydrogen-bond acceptors (Lipinski definition) is 1. The molecule has 0 fully saturated rings. The second kappa shape index (κ2) is 2.35. The summed E-state index contributed by atoms with van der Waals surface area (Å²) in [6.45, 7) is 3.84. The topological polar surface area (TPSA) is 12.9 Å². The van der Waals surface area contributed by atoms with Crippen molar-refractivity contribution in [1.29, 1.82) is 0 Å². The number of nitrogens with zero attached hydrogens (tertiary/aromatic N) is 1. The summed E-state index contributed by atoms with van der Waals surface area (Å²) >= 11 is 0. The molecule has 1 heterocycles. The molecular formula is C10H8N. The van der Waals surface area contributed by atoms with Gasteiger partial charge in [0.25, 0.3) is 0 Å². The van der Waals surface area contributed by atoms with Gasteiger partial charge in [-0.2, -0.15) is 0 Å². The molecule has 0 saturated heterocycles. The van der Waals surface area contributed by atoms with E-state index in [2.05, 4.69) is 11.9 Å². The van der Waals surface area contributed by atoms with Crippen LogP contribution in [0.15, 0.2) is 36.5 Å². The molecule has 0 unspecified atom stereocenters. The van der Waals surface area contributed by atoms with Gasteiger partial charge in [0.05, 0.1) is 5.52 Å². The van der Waals surface area contributed by atoms with E-state index in [4.69, 9.17) is 0 Å². The van der Waals surface area contributed by atoms with Crippen LogP contribution in [0.5, 0.6) is 0 Å². The largest absolute Gasteiger partial charge is 0.256 e. The first-order chi connectivity index (χ1) is 5.36. The van der Waals surface area contributed by atoms with Crippen molar-refractivity contribution in [2.24, 2.45) is 0 Å². The van der Waals surface area contributed by atoms with Crippen LogP contribution in [-0.2, 0) is 0 Å². The molecule has 0 N–H and O–H groups in total. The van der Waals surface area contributed by atoms with Crippen molar-refractivity contribution in [3.8, 4) is 0 Å². The highest BCUT2D eigenvalue weighted by Gasteiger charge is 1.90. The summed E-state index contributed by atoms with van der Waals surface area (Å²) in [4.78, 5) is 4.19. The first kappa shape index (κ1) is 6.35. The average molecular weight is 142 g/mol. The summed E-state index contributed by atoms with van der Waals surface area (Å²) in [5.41, 5.74) is 2.06. The van der Waals surface area contributed by atoms with Crippen molar-refractivity contribution in [3.63, 3.8) is 0 Å². The Balaban J connectivity index is 2.83. The lowest BCUT2D eigenvalue weighted by Crippen LogP contribution is -1.77. The van der Waals surface area contributed by atoms with E-state index in [1.54, 1.807) is 6.20 Å². The Labute approximate surface area is 65.7 Å². The third-order valence-corrected chi connectivity index (χ3v) is 1.67. The molecule has 0 aliphatic rings. The van der Waals surface area contributed by atoms with Crippen LogP contribution >= 0.6 is 0 Å². The number of hydrogen-bond donors (Lipinski definition) is 0. The SMILES string of the molecule is [CH2]c1ccc2ncccc2c1. The Kier molecular flexibility index (Phi) is 1.35. The van der Waals surface area contributed by atoms with Gasteiger partial charge in [-0.25, -0.2) is 0 Å². The van der Waals surface area contributed by atoms with E-state index in [0.29, 0.717) is 0 Å². The number of pyridine rings is 1. The second-order valence-electron chi connectivity index (χ2n) is 2.53. The van der Waals surface area contributed by atoms with Gasteiger partial charge in [0, 0.05) is 11.6 Å². The number of fused-ring (bicyclic) bond motifs is 1. The molecule has 0 saturated carbocycles. The summed E-state index contributed by atoms with van der Waals surface area (Å²) < 4.78 is 0. The summed E-state index contributed by atoms with van der Waals surface area (Å²) in [5, 5.41) is 1.15. The van der Waals surface area contributed by atoms with Crippen LogP contribution in [0, 0.1) is 6.92 Å². The molecule has 1 radical (unpaired) electrons. The standard InChI is InChI=1S/C10H8N/c1-8-4-5-10-9(7-8)3-2-6-11-10/h2-7H,1H2. The van der Waals surface area contributed by atoms with E-state index in [9.17, 15) is 0 Å². The molecule has 0 amide bonds. The predicted molar refractivity (Wildman–Crippen MR) is 46.2 cm³/mol. The molecule has 0 atom stereocenters. The van der Waals surface area contributed by atoms with Crippen LogP contribution in [0.25, 0.3) is 10.9 Å². The van der Waals surface area contributed by atoms with Gasteiger partial charge in [-0.15, -0.1) is 0 Å². The third-order valence-electron chi connectivity index (χ3n) is 1.67. The van der Waals surface area contributed by atoms with Crippen LogP contribution in [0.4, 0.5) is 0 Å². The minimum Gasteiger partial charge on any atom is -0.256 e. The lowest BCUT2D eigenvalue weighted by atomic mass is 10.1. The summed E-state index contributed by atoms with van der Waals surface area (Å²) in [5.74, 6) is 0. The second-order valence-corrected chi connectivity index (χ2v) is 2.53. The smallest absolute Gasteiger partial charge is 0.0702 e. The predicted octanol–water partition coefficient (Wildman–Crippen LogP) is 2.42. The van der Waals surface area contributed by atoms with Crippen molar-refractivity contribution >= 4 is 10.9 Å². The molecule has 0 aliphatic carbocycles. The quantitative estimate of drug-likeness (QED) is 0.550. The van der Waals surface area contributed by atoms with E-state index in [1.807, 2.05) is 30.3 Å². The highest BCUT2D eigenvalue weighted by Crippen LogP contribution is 2.11. The van der Waals surface area contributed by atoms with Gasteiger partial charge in [0.2, 0.25) is 0 Å². The molecule has 2 aromatic rings. The Morgan fingerprint density at radius 2 is 2.09 bits per heavy atom. The van der Waals surface area contributed by atoms with Gasteiger partial charge in [-0.05, 0) is 30.7 Å². The maximum Gasteiger partial charge on any atom is 0.0702 e. The highest BCUT2D eigenvalue weighted by molar-refractivity contribution is 5.79. The van der Waals surface area contributed by atoms with E-state index in [1.165, 1.54) is 0 Å². The normalized spacial score (nSPS) is 10.3. The minimum absolute atomic E-state index is 1.03. The molecule has 53 valence electrons. The fourth-order valence-electron chi connectivity index (χ4n) is 1.13. The summed E-state index contributed by atoms with van der Waals surface area (Å²) in [6, 6.07) is 9.95. The number of benzene rings is 1. The summed E-state index contributed by atoms with van der Waals surface area (Å²) in [6.07, 6.45) is 1.80. The molecule has 1 aromatic carbocycles. The van der Waals surface area contributed by atoms with E-state index in [-0.39, 0.29) is 0 Å². The van der Waals surface area contributed by atoms with E-state index >= 15 is 0 Å². The molecule has 11 heavy (non-hydrogen) atoms. The molecule has 0 spiro atoms. The first-order valence-electron chi connectivity index (χ1n) is 3.53. The lowest BCUT2D eigenvalue weighted by Gasteiger charge is -1.95. The molecule has 0 bridgehead atoms. The van der Waals surface area contributed by atoms with Crippen LogP contribution in [0.2, 0.25) is 0 Å². The van der Waals surface area contributed by atoms with Crippen molar-refractivity contribution in [1.82, 2.24) is 4.98 Å². The van der Waals surface area contributed by atoms with E-state index < -0.39 is 0 Å². The van der Waals surface area contributed by atoms with Crippen molar-refractivity contribution < 1.29 is 0 Å². The van der Waals surface area contributed by atoms with Gasteiger partial charge < -0.3 is 0 Å². The maximum atomic E-state index is 4.19. The van der Waals surface area contributed by atoms with Crippen LogP contribution in [-0.4, -0.2) is 4.98 Å². The average Bonchev–Trinajstić information content (AvgIpc) is 2.04. The highest BCUT2D eigenvalue weighted by atomic mass is 14.6.